The van der Waals surface area contributed by atoms with Crippen molar-refractivity contribution in [3.63, 3.8) is 0 Å². The van der Waals surface area contributed by atoms with Crippen LogP contribution < -0.4 is 0 Å². The molecule has 2 heterocycles. The minimum absolute atomic E-state index is 0.0502. The predicted octanol–water partition coefficient (Wildman–Crippen LogP) is 6.65. The molecule has 0 aromatic rings. The van der Waals surface area contributed by atoms with Crippen LogP contribution >= 0.6 is 43.2 Å². The third-order valence-electron chi connectivity index (χ3n) is 3.39. The predicted molar refractivity (Wildman–Crippen MR) is 132 cm³/mol. The van der Waals surface area contributed by atoms with Crippen LogP contribution in [0.25, 0.3) is 0 Å². The Morgan fingerprint density at radius 1 is 1.28 bits per heavy atom. The Labute approximate surface area is 183 Å². The average Bonchev–Trinajstić information content (AvgIpc) is 2.95. The number of rotatable bonds is 11. The van der Waals surface area contributed by atoms with E-state index in [4.69, 9.17) is 18.6 Å². The summed E-state index contributed by atoms with van der Waals surface area (Å²) in [6, 6.07) is 0. The molecule has 176 valence electrons. The molecule has 0 spiro atoms. The molecule has 0 amide bonds. The molecule has 29 heavy (non-hydrogen) atoms. The fourth-order valence-corrected chi connectivity index (χ4v) is 169. The van der Waals surface area contributed by atoms with Crippen molar-refractivity contribution in [3.05, 3.63) is 12.3 Å². The summed E-state index contributed by atoms with van der Waals surface area (Å²) in [6.07, 6.45) is 0. The standard InChI is InChI=1S/C14H27F4I3O6Si2/c1-11-12(9-24-25-11)8-23-10-19(29(6,7)27-28(3,4)5)20(13(15,16)22-2)21-14(17,18)26-21/h12H,1,8-10H2,2-7H3. The molecule has 0 aromatic heterocycles. The SMILES string of the molecule is C=C1OOCC1COCI(I(I1OC1(F)F)C(F)(F)OC)[Si](C)(C)O[Si](C)(C)C. The Kier molecular flexibility index (Phi) is 9.19. The van der Waals surface area contributed by atoms with Gasteiger partial charge in [0, 0.05) is 0 Å². The van der Waals surface area contributed by atoms with Crippen molar-refractivity contribution in [2.45, 2.75) is 41.0 Å². The van der Waals surface area contributed by atoms with Crippen molar-refractivity contribution < 1.29 is 44.0 Å². The van der Waals surface area contributed by atoms with Crippen molar-refractivity contribution >= 4 is 57.3 Å². The van der Waals surface area contributed by atoms with Crippen LogP contribution in [0.4, 0.5) is 17.6 Å². The molecule has 6 nitrogen and oxygen atoms in total. The van der Waals surface area contributed by atoms with Crippen LogP contribution in [0.3, 0.4) is 0 Å². The van der Waals surface area contributed by atoms with E-state index in [0.717, 1.165) is 7.11 Å². The van der Waals surface area contributed by atoms with E-state index >= 15 is 0 Å². The van der Waals surface area contributed by atoms with Gasteiger partial charge in [-0.3, -0.25) is 0 Å². The number of alkyl halides is 7. The zero-order valence-electron chi connectivity index (χ0n) is 17.0. The Bertz CT molecular complexity index is 610. The topological polar surface area (TPSA) is 58.7 Å². The zero-order chi connectivity index (χ0) is 22.3. The van der Waals surface area contributed by atoms with Crippen LogP contribution in [0, 0.1) is 5.92 Å². The van der Waals surface area contributed by atoms with Gasteiger partial charge in [0.15, 0.2) is 0 Å². The molecule has 1 unspecified atom stereocenters. The van der Waals surface area contributed by atoms with Crippen LogP contribution in [0.15, 0.2) is 12.3 Å². The van der Waals surface area contributed by atoms with Gasteiger partial charge >= 0.3 is 185 Å². The fraction of sp³-hybridized carbons (Fsp3) is 0.857. The quantitative estimate of drug-likeness (QED) is 0.0444. The van der Waals surface area contributed by atoms with Crippen molar-refractivity contribution in [2.24, 2.45) is 5.92 Å². The molecular formula is C14H27F4I3O6Si2. The number of hydrogen-bond acceptors (Lipinski definition) is 6. The number of ether oxygens (including phenoxy) is 2. The van der Waals surface area contributed by atoms with Gasteiger partial charge in [-0.25, -0.2) is 0 Å². The molecule has 2 saturated heterocycles. The van der Waals surface area contributed by atoms with E-state index < -0.39 is 65.5 Å². The molecule has 15 heteroatoms. The maximum atomic E-state index is 14.8. The van der Waals surface area contributed by atoms with Gasteiger partial charge in [-0.15, -0.1) is 0 Å². The van der Waals surface area contributed by atoms with Crippen LogP contribution in [0.5, 0.6) is 0 Å². The van der Waals surface area contributed by atoms with Gasteiger partial charge in [0.25, 0.3) is 0 Å². The first kappa shape index (κ1) is 26.9. The minimum atomic E-state index is -3.64. The summed E-state index contributed by atoms with van der Waals surface area (Å²) in [7, 11) is -1.20. The fourth-order valence-electron chi connectivity index (χ4n) is 2.29. The van der Waals surface area contributed by atoms with Gasteiger partial charge < -0.3 is 0 Å². The summed E-state index contributed by atoms with van der Waals surface area (Å²) < 4.78 is 71.7. The average molecular weight is 804 g/mol. The first-order valence-electron chi connectivity index (χ1n) is 8.45. The summed E-state index contributed by atoms with van der Waals surface area (Å²) in [5, 5.41) is 0. The van der Waals surface area contributed by atoms with Gasteiger partial charge in [-0.2, -0.15) is 0 Å². The van der Waals surface area contributed by atoms with E-state index in [2.05, 4.69) is 14.4 Å². The number of methoxy groups -OCH3 is 1. The van der Waals surface area contributed by atoms with Crippen LogP contribution in [0.1, 0.15) is 0 Å². The second-order valence-electron chi connectivity index (χ2n) is 7.47. The van der Waals surface area contributed by atoms with Gasteiger partial charge in [0.1, 0.15) is 0 Å². The van der Waals surface area contributed by atoms with Crippen LogP contribution in [-0.2, 0) is 26.4 Å². The van der Waals surface area contributed by atoms with Crippen molar-refractivity contribution in [2.75, 3.05) is 24.9 Å². The molecular weight excluding hydrogens is 777 g/mol. The first-order chi connectivity index (χ1) is 13.1. The van der Waals surface area contributed by atoms with Crippen molar-refractivity contribution in [1.29, 1.82) is 0 Å². The van der Waals surface area contributed by atoms with Gasteiger partial charge in [0.05, 0.1) is 0 Å². The summed E-state index contributed by atoms with van der Waals surface area (Å²) in [6.45, 7) is 13.8. The van der Waals surface area contributed by atoms with Crippen molar-refractivity contribution in [1.82, 2.24) is 0 Å². The van der Waals surface area contributed by atoms with Crippen LogP contribution in [0.2, 0.25) is 32.7 Å². The van der Waals surface area contributed by atoms with E-state index in [9.17, 15) is 17.6 Å². The Balaban J connectivity index is 2.26. The van der Waals surface area contributed by atoms with E-state index in [1.165, 1.54) is 0 Å². The first-order valence-corrected chi connectivity index (χ1v) is 35.0. The molecule has 0 N–H and O–H groups in total. The monoisotopic (exact) mass is 804 g/mol. The molecule has 0 bridgehead atoms. The molecule has 2 rings (SSSR count). The maximum absolute atomic E-state index is 14.8. The van der Waals surface area contributed by atoms with E-state index in [0.29, 0.717) is 5.76 Å². The van der Waals surface area contributed by atoms with Crippen LogP contribution in [-0.4, -0.2) is 47.3 Å². The van der Waals surface area contributed by atoms with E-state index in [1.807, 2.05) is 32.7 Å². The summed E-state index contributed by atoms with van der Waals surface area (Å²) in [5.74, 6) is -2.49. The Morgan fingerprint density at radius 2 is 1.86 bits per heavy atom. The molecule has 2 fully saturated rings. The molecule has 1 atom stereocenters. The van der Waals surface area contributed by atoms with Gasteiger partial charge in [-0.05, 0) is 0 Å². The van der Waals surface area contributed by atoms with E-state index in [-0.39, 0.29) is 23.7 Å². The zero-order valence-corrected chi connectivity index (χ0v) is 25.5. The third kappa shape index (κ3) is 7.34. The molecule has 0 aromatic carbocycles. The Morgan fingerprint density at radius 3 is 2.28 bits per heavy atom. The molecule has 2 aliphatic heterocycles. The van der Waals surface area contributed by atoms with Gasteiger partial charge in [0.2, 0.25) is 0 Å². The second kappa shape index (κ2) is 9.89. The second-order valence-corrected chi connectivity index (χ2v) is 71.9. The molecule has 2 aliphatic rings. The van der Waals surface area contributed by atoms with E-state index in [1.54, 1.807) is 0 Å². The molecule has 0 aliphatic carbocycles. The summed E-state index contributed by atoms with van der Waals surface area (Å²) >= 11 is -10.0. The normalized spacial score (nSPS) is 24.4. The number of hydrogen-bond donors (Lipinski definition) is 0. The number of halogens is 7. The molecule has 0 saturated carbocycles. The Hall–Kier alpha value is 1.68. The summed E-state index contributed by atoms with van der Waals surface area (Å²) in [5.41, 5.74) is 0. The summed E-state index contributed by atoms with van der Waals surface area (Å²) in [4.78, 5) is 9.67. The molecule has 0 radical (unpaired) electrons. The third-order valence-corrected chi connectivity index (χ3v) is 117. The van der Waals surface area contributed by atoms with Crippen molar-refractivity contribution in [3.8, 4) is 0 Å². The van der Waals surface area contributed by atoms with Gasteiger partial charge in [-0.1, -0.05) is 0 Å².